The van der Waals surface area contributed by atoms with E-state index in [9.17, 15) is 13.6 Å². The number of carbonyl (C=O) groups is 1. The Bertz CT molecular complexity index is 922. The van der Waals surface area contributed by atoms with Crippen LogP contribution in [0.3, 0.4) is 0 Å². The maximum atomic E-state index is 13.8. The molecule has 26 heavy (non-hydrogen) atoms. The SMILES string of the molecule is Cc1ccccc1CNC(=O)CCc1ncc(-c2ccc(F)cc2F)o1. The number of amides is 1. The zero-order valence-corrected chi connectivity index (χ0v) is 14.3. The first-order valence-corrected chi connectivity index (χ1v) is 8.24. The maximum absolute atomic E-state index is 13.8. The molecule has 0 saturated carbocycles. The van der Waals surface area contributed by atoms with Gasteiger partial charge in [-0.2, -0.15) is 0 Å². The van der Waals surface area contributed by atoms with Gasteiger partial charge in [-0.15, -0.1) is 0 Å². The highest BCUT2D eigenvalue weighted by Crippen LogP contribution is 2.24. The van der Waals surface area contributed by atoms with Crippen LogP contribution in [-0.4, -0.2) is 10.9 Å². The normalized spacial score (nSPS) is 10.7. The number of nitrogens with zero attached hydrogens (tertiary/aromatic N) is 1. The summed E-state index contributed by atoms with van der Waals surface area (Å²) < 4.78 is 32.2. The third kappa shape index (κ3) is 4.33. The molecule has 6 heteroatoms. The lowest BCUT2D eigenvalue weighted by molar-refractivity contribution is -0.121. The molecule has 4 nitrogen and oxygen atoms in total. The first-order valence-electron chi connectivity index (χ1n) is 8.24. The highest BCUT2D eigenvalue weighted by molar-refractivity contribution is 5.76. The summed E-state index contributed by atoms with van der Waals surface area (Å²) in [5.41, 5.74) is 2.31. The third-order valence-electron chi connectivity index (χ3n) is 4.05. The first kappa shape index (κ1) is 17.8. The van der Waals surface area contributed by atoms with Gasteiger partial charge in [-0.25, -0.2) is 13.8 Å². The summed E-state index contributed by atoms with van der Waals surface area (Å²) in [5.74, 6) is -0.964. The van der Waals surface area contributed by atoms with Crippen LogP contribution in [0.2, 0.25) is 0 Å². The molecular weight excluding hydrogens is 338 g/mol. The van der Waals surface area contributed by atoms with Gasteiger partial charge in [-0.3, -0.25) is 4.79 Å². The molecule has 0 bridgehead atoms. The average Bonchev–Trinajstić information content (AvgIpc) is 3.08. The van der Waals surface area contributed by atoms with Crippen molar-refractivity contribution in [1.29, 1.82) is 0 Å². The third-order valence-corrected chi connectivity index (χ3v) is 4.05. The standard InChI is InChI=1S/C20H18F2N2O2/c1-13-4-2-3-5-14(13)11-23-19(25)8-9-20-24-12-18(26-20)16-7-6-15(21)10-17(16)22/h2-7,10,12H,8-9,11H2,1H3,(H,23,25). The number of benzene rings is 2. The van der Waals surface area contributed by atoms with Crippen molar-refractivity contribution < 1.29 is 18.0 Å². The van der Waals surface area contributed by atoms with Crippen molar-refractivity contribution in [2.24, 2.45) is 0 Å². The van der Waals surface area contributed by atoms with Gasteiger partial charge in [-0.05, 0) is 30.2 Å². The molecular formula is C20H18F2N2O2. The minimum absolute atomic E-state index is 0.124. The number of carbonyl (C=O) groups excluding carboxylic acids is 1. The number of aromatic nitrogens is 1. The Morgan fingerprint density at radius 3 is 2.77 bits per heavy atom. The highest BCUT2D eigenvalue weighted by atomic mass is 19.1. The van der Waals surface area contributed by atoms with Crippen LogP contribution in [-0.2, 0) is 17.8 Å². The fourth-order valence-electron chi connectivity index (χ4n) is 2.55. The number of halogens is 2. The number of aryl methyl sites for hydroxylation is 2. The fourth-order valence-corrected chi connectivity index (χ4v) is 2.55. The molecule has 0 aliphatic carbocycles. The zero-order valence-electron chi connectivity index (χ0n) is 14.3. The second-order valence-electron chi connectivity index (χ2n) is 5.95. The van der Waals surface area contributed by atoms with Crippen molar-refractivity contribution in [2.75, 3.05) is 0 Å². The topological polar surface area (TPSA) is 55.1 Å². The van der Waals surface area contributed by atoms with E-state index in [2.05, 4.69) is 10.3 Å². The molecule has 1 heterocycles. The molecule has 3 rings (SSSR count). The fraction of sp³-hybridized carbons (Fsp3) is 0.200. The van der Waals surface area contributed by atoms with Gasteiger partial charge in [-0.1, -0.05) is 24.3 Å². The minimum Gasteiger partial charge on any atom is -0.441 e. The molecule has 0 saturated heterocycles. The molecule has 3 aromatic rings. The lowest BCUT2D eigenvalue weighted by Crippen LogP contribution is -2.23. The van der Waals surface area contributed by atoms with E-state index in [4.69, 9.17) is 4.42 Å². The van der Waals surface area contributed by atoms with Crippen LogP contribution in [0, 0.1) is 18.6 Å². The molecule has 0 fully saturated rings. The summed E-state index contributed by atoms with van der Waals surface area (Å²) >= 11 is 0. The minimum atomic E-state index is -0.719. The summed E-state index contributed by atoms with van der Waals surface area (Å²) in [4.78, 5) is 16.0. The first-order chi connectivity index (χ1) is 12.5. The molecule has 0 unspecified atom stereocenters. The summed E-state index contributed by atoms with van der Waals surface area (Å²) in [6.45, 7) is 2.45. The molecule has 134 valence electrons. The Labute approximate surface area is 149 Å². The number of hydrogen-bond donors (Lipinski definition) is 1. The monoisotopic (exact) mass is 356 g/mol. The van der Waals surface area contributed by atoms with Crippen molar-refractivity contribution in [3.05, 3.63) is 77.3 Å². The van der Waals surface area contributed by atoms with Gasteiger partial charge in [0.2, 0.25) is 5.91 Å². The highest BCUT2D eigenvalue weighted by Gasteiger charge is 2.13. The molecule has 1 amide bonds. The molecule has 2 aromatic carbocycles. The second-order valence-corrected chi connectivity index (χ2v) is 5.95. The summed E-state index contributed by atoms with van der Waals surface area (Å²) in [7, 11) is 0. The van der Waals surface area contributed by atoms with Crippen LogP contribution < -0.4 is 5.32 Å². The molecule has 1 aromatic heterocycles. The van der Waals surface area contributed by atoms with Crippen LogP contribution in [0.15, 0.2) is 53.1 Å². The van der Waals surface area contributed by atoms with Crippen molar-refractivity contribution in [2.45, 2.75) is 26.3 Å². The Kier molecular flexibility index (Phi) is 5.41. The Balaban J connectivity index is 1.54. The van der Waals surface area contributed by atoms with E-state index in [1.807, 2.05) is 31.2 Å². The molecule has 0 aliphatic heterocycles. The van der Waals surface area contributed by atoms with E-state index in [1.54, 1.807) is 0 Å². The number of oxazole rings is 1. The second kappa shape index (κ2) is 7.91. The van der Waals surface area contributed by atoms with E-state index >= 15 is 0 Å². The maximum Gasteiger partial charge on any atom is 0.220 e. The van der Waals surface area contributed by atoms with Crippen molar-refractivity contribution in [3.63, 3.8) is 0 Å². The van der Waals surface area contributed by atoms with Gasteiger partial charge in [0.15, 0.2) is 11.7 Å². The van der Waals surface area contributed by atoms with Crippen LogP contribution in [0.1, 0.15) is 23.4 Å². The van der Waals surface area contributed by atoms with Crippen LogP contribution in [0.4, 0.5) is 8.78 Å². The van der Waals surface area contributed by atoms with Gasteiger partial charge in [0.25, 0.3) is 0 Å². The van der Waals surface area contributed by atoms with Crippen molar-refractivity contribution >= 4 is 5.91 Å². The smallest absolute Gasteiger partial charge is 0.220 e. The van der Waals surface area contributed by atoms with Crippen molar-refractivity contribution in [3.8, 4) is 11.3 Å². The van der Waals surface area contributed by atoms with E-state index in [0.29, 0.717) is 18.9 Å². The molecule has 0 spiro atoms. The van der Waals surface area contributed by atoms with E-state index in [-0.39, 0.29) is 23.7 Å². The largest absolute Gasteiger partial charge is 0.441 e. The van der Waals surface area contributed by atoms with Gasteiger partial charge >= 0.3 is 0 Å². The number of hydrogen-bond acceptors (Lipinski definition) is 3. The van der Waals surface area contributed by atoms with Crippen molar-refractivity contribution in [1.82, 2.24) is 10.3 Å². The molecule has 1 N–H and O–H groups in total. The van der Waals surface area contributed by atoms with Crippen LogP contribution in [0.5, 0.6) is 0 Å². The van der Waals surface area contributed by atoms with E-state index in [1.165, 1.54) is 12.3 Å². The lowest BCUT2D eigenvalue weighted by atomic mass is 10.1. The van der Waals surface area contributed by atoms with Crippen LogP contribution >= 0.6 is 0 Å². The number of nitrogens with one attached hydrogen (secondary N) is 1. The average molecular weight is 356 g/mol. The molecule has 0 radical (unpaired) electrons. The van der Waals surface area contributed by atoms with Gasteiger partial charge in [0, 0.05) is 25.5 Å². The van der Waals surface area contributed by atoms with E-state index < -0.39 is 11.6 Å². The zero-order chi connectivity index (χ0) is 18.5. The molecule has 0 aliphatic rings. The Hall–Kier alpha value is -3.02. The number of rotatable bonds is 6. The Morgan fingerprint density at radius 2 is 2.00 bits per heavy atom. The quantitative estimate of drug-likeness (QED) is 0.721. The molecule has 0 atom stereocenters. The van der Waals surface area contributed by atoms with E-state index in [0.717, 1.165) is 23.3 Å². The van der Waals surface area contributed by atoms with Gasteiger partial charge in [0.05, 0.1) is 11.8 Å². The van der Waals surface area contributed by atoms with Crippen LogP contribution in [0.25, 0.3) is 11.3 Å². The van der Waals surface area contributed by atoms with Gasteiger partial charge in [0.1, 0.15) is 11.6 Å². The summed E-state index contributed by atoms with van der Waals surface area (Å²) in [6, 6.07) is 11.1. The summed E-state index contributed by atoms with van der Waals surface area (Å²) in [5, 5.41) is 2.85. The van der Waals surface area contributed by atoms with Gasteiger partial charge < -0.3 is 9.73 Å². The predicted molar refractivity (Wildman–Crippen MR) is 93.2 cm³/mol. The summed E-state index contributed by atoms with van der Waals surface area (Å²) in [6.07, 6.45) is 1.87. The predicted octanol–water partition coefficient (Wildman–Crippen LogP) is 4.18. The Morgan fingerprint density at radius 1 is 1.19 bits per heavy atom. The lowest BCUT2D eigenvalue weighted by Gasteiger charge is -2.07.